The van der Waals surface area contributed by atoms with Crippen molar-refractivity contribution in [2.45, 2.75) is 31.7 Å². The fourth-order valence-electron chi connectivity index (χ4n) is 2.40. The lowest BCUT2D eigenvalue weighted by atomic mass is 10.2. The Hall–Kier alpha value is -2.77. The van der Waals surface area contributed by atoms with Gasteiger partial charge in [-0.2, -0.15) is 0 Å². The van der Waals surface area contributed by atoms with Crippen molar-refractivity contribution < 1.29 is 18.7 Å². The number of imidazole rings is 1. The summed E-state index contributed by atoms with van der Waals surface area (Å²) in [5.41, 5.74) is 6.01. The summed E-state index contributed by atoms with van der Waals surface area (Å²) in [5.74, 6) is -0.917. The molecule has 2 heterocycles. The van der Waals surface area contributed by atoms with Gasteiger partial charge in [0.2, 0.25) is 0 Å². The van der Waals surface area contributed by atoms with Gasteiger partial charge in [0.25, 0.3) is 6.43 Å². The predicted molar refractivity (Wildman–Crippen MR) is 84.2 cm³/mol. The second-order valence-electron chi connectivity index (χ2n) is 5.68. The first-order valence-corrected chi connectivity index (χ1v) is 7.44. The van der Waals surface area contributed by atoms with Gasteiger partial charge in [-0.1, -0.05) is 6.07 Å². The van der Waals surface area contributed by atoms with E-state index in [2.05, 4.69) is 9.98 Å². The molecule has 0 unspecified atom stereocenters. The van der Waals surface area contributed by atoms with Crippen LogP contribution in [-0.2, 0) is 11.3 Å². The summed E-state index contributed by atoms with van der Waals surface area (Å²) in [4.78, 5) is 19.2. The Morgan fingerprint density at radius 2 is 2.21 bits per heavy atom. The van der Waals surface area contributed by atoms with Crippen molar-refractivity contribution in [3.63, 3.8) is 0 Å². The van der Waals surface area contributed by atoms with Gasteiger partial charge < -0.3 is 15.2 Å². The van der Waals surface area contributed by atoms with Crippen LogP contribution in [0.3, 0.4) is 0 Å². The molecule has 0 spiro atoms. The van der Waals surface area contributed by atoms with Crippen LogP contribution in [0, 0.1) is 0 Å². The van der Waals surface area contributed by atoms with Gasteiger partial charge in [-0.3, -0.25) is 4.99 Å². The molecule has 0 radical (unpaired) electrons. The minimum absolute atomic E-state index is 0.0771. The standard InChI is InChI=1S/C16H16F2N4O2/c17-15(18)14(19)12(16(23)24)6-20-5-11-8-22-7-10(9-1-2-9)3-4-13(22)21-11/h3-4,6-9,15H,1-2,5,19H2,(H,23,24)/b14-12+,20-6?. The molecule has 3 N–H and O–H groups in total. The number of pyridine rings is 1. The fourth-order valence-corrected chi connectivity index (χ4v) is 2.40. The number of aliphatic carboxylic acids is 1. The summed E-state index contributed by atoms with van der Waals surface area (Å²) in [6, 6.07) is 3.96. The van der Waals surface area contributed by atoms with Crippen LogP contribution in [0.25, 0.3) is 5.65 Å². The molecule has 1 aliphatic carbocycles. The number of carboxylic acids is 1. The molecule has 0 amide bonds. The van der Waals surface area contributed by atoms with E-state index < -0.39 is 23.7 Å². The highest BCUT2D eigenvalue weighted by molar-refractivity contribution is 6.09. The largest absolute Gasteiger partial charge is 0.478 e. The Bertz CT molecular complexity index is 838. The second-order valence-corrected chi connectivity index (χ2v) is 5.68. The molecule has 2 aromatic rings. The topological polar surface area (TPSA) is 93.0 Å². The first-order chi connectivity index (χ1) is 11.5. The Labute approximate surface area is 136 Å². The Balaban J connectivity index is 1.77. The summed E-state index contributed by atoms with van der Waals surface area (Å²) >= 11 is 0. The summed E-state index contributed by atoms with van der Waals surface area (Å²) in [7, 11) is 0. The molecule has 2 aromatic heterocycles. The van der Waals surface area contributed by atoms with Gasteiger partial charge in [-0.05, 0) is 30.4 Å². The van der Waals surface area contributed by atoms with Crippen molar-refractivity contribution in [1.29, 1.82) is 0 Å². The molecule has 1 saturated carbocycles. The van der Waals surface area contributed by atoms with Gasteiger partial charge in [0, 0.05) is 18.6 Å². The molecule has 0 aliphatic heterocycles. The zero-order valence-corrected chi connectivity index (χ0v) is 12.7. The summed E-state index contributed by atoms with van der Waals surface area (Å²) in [6.45, 7) is 0.0771. The minimum Gasteiger partial charge on any atom is -0.478 e. The number of aromatic nitrogens is 2. The molecule has 8 heteroatoms. The van der Waals surface area contributed by atoms with Crippen LogP contribution in [0.2, 0.25) is 0 Å². The van der Waals surface area contributed by atoms with Gasteiger partial charge in [-0.15, -0.1) is 0 Å². The number of aliphatic imine (C=N–C) groups is 1. The molecule has 3 rings (SSSR count). The number of fused-ring (bicyclic) bond motifs is 1. The molecule has 1 aliphatic rings. The highest BCUT2D eigenvalue weighted by Gasteiger charge is 2.23. The lowest BCUT2D eigenvalue weighted by Crippen LogP contribution is -2.17. The third kappa shape index (κ3) is 3.42. The van der Waals surface area contributed by atoms with Crippen LogP contribution < -0.4 is 5.73 Å². The van der Waals surface area contributed by atoms with Crippen LogP contribution in [-0.4, -0.2) is 33.1 Å². The number of alkyl halides is 2. The van der Waals surface area contributed by atoms with Crippen LogP contribution in [0.4, 0.5) is 8.78 Å². The molecular weight excluding hydrogens is 318 g/mol. The van der Waals surface area contributed by atoms with Gasteiger partial charge in [-0.25, -0.2) is 18.6 Å². The van der Waals surface area contributed by atoms with Crippen molar-refractivity contribution >= 4 is 17.8 Å². The Morgan fingerprint density at radius 1 is 1.46 bits per heavy atom. The third-order valence-corrected chi connectivity index (χ3v) is 3.82. The summed E-state index contributed by atoms with van der Waals surface area (Å²) in [5, 5.41) is 8.91. The van der Waals surface area contributed by atoms with Gasteiger partial charge in [0.15, 0.2) is 0 Å². The van der Waals surface area contributed by atoms with E-state index in [-0.39, 0.29) is 6.54 Å². The normalized spacial score (nSPS) is 16.1. The average molecular weight is 334 g/mol. The van der Waals surface area contributed by atoms with Crippen molar-refractivity contribution in [1.82, 2.24) is 9.38 Å². The fraction of sp³-hybridized carbons (Fsp3) is 0.312. The van der Waals surface area contributed by atoms with E-state index in [1.54, 1.807) is 6.20 Å². The van der Waals surface area contributed by atoms with E-state index in [0.29, 0.717) is 11.6 Å². The van der Waals surface area contributed by atoms with E-state index in [4.69, 9.17) is 10.8 Å². The van der Waals surface area contributed by atoms with E-state index in [9.17, 15) is 13.6 Å². The number of halogens is 2. The quantitative estimate of drug-likeness (QED) is 0.626. The Morgan fingerprint density at radius 3 is 2.83 bits per heavy atom. The first-order valence-electron chi connectivity index (χ1n) is 7.44. The van der Waals surface area contributed by atoms with Crippen molar-refractivity contribution in [2.24, 2.45) is 10.7 Å². The zero-order chi connectivity index (χ0) is 17.3. The van der Waals surface area contributed by atoms with Crippen molar-refractivity contribution in [2.75, 3.05) is 0 Å². The highest BCUT2D eigenvalue weighted by atomic mass is 19.3. The van der Waals surface area contributed by atoms with Crippen LogP contribution in [0.1, 0.15) is 30.0 Å². The summed E-state index contributed by atoms with van der Waals surface area (Å²) in [6.07, 6.45) is 4.02. The van der Waals surface area contributed by atoms with Crippen molar-refractivity contribution in [3.05, 3.63) is 47.1 Å². The third-order valence-electron chi connectivity index (χ3n) is 3.82. The number of nitrogens with zero attached hydrogens (tertiary/aromatic N) is 3. The smallest absolute Gasteiger partial charge is 0.339 e. The van der Waals surface area contributed by atoms with Gasteiger partial charge in [0.1, 0.15) is 11.2 Å². The van der Waals surface area contributed by atoms with Gasteiger partial charge in [0.05, 0.1) is 17.9 Å². The van der Waals surface area contributed by atoms with Gasteiger partial charge >= 0.3 is 5.97 Å². The number of carbonyl (C=O) groups is 1. The minimum atomic E-state index is -3.04. The number of hydrogen-bond donors (Lipinski definition) is 2. The maximum atomic E-state index is 12.5. The molecule has 24 heavy (non-hydrogen) atoms. The van der Waals surface area contributed by atoms with Crippen LogP contribution in [0.15, 0.2) is 40.8 Å². The molecule has 1 fully saturated rings. The lowest BCUT2D eigenvalue weighted by molar-refractivity contribution is -0.132. The molecule has 0 bridgehead atoms. The van der Waals surface area contributed by atoms with E-state index in [1.807, 2.05) is 22.7 Å². The van der Waals surface area contributed by atoms with E-state index >= 15 is 0 Å². The molecule has 0 saturated heterocycles. The summed E-state index contributed by atoms with van der Waals surface area (Å²) < 4.78 is 26.9. The molecule has 0 atom stereocenters. The van der Waals surface area contributed by atoms with Crippen LogP contribution in [0.5, 0.6) is 0 Å². The molecule has 0 aromatic carbocycles. The number of allylic oxidation sites excluding steroid dienone is 1. The maximum absolute atomic E-state index is 12.5. The maximum Gasteiger partial charge on any atom is 0.339 e. The Kier molecular flexibility index (Phi) is 4.28. The average Bonchev–Trinajstić information content (AvgIpc) is 3.30. The number of hydrogen-bond acceptors (Lipinski definition) is 4. The molecule has 126 valence electrons. The second kappa shape index (κ2) is 6.38. The first kappa shape index (κ1) is 16.1. The SMILES string of the molecule is N/C(=C(\C=NCc1cn2cc(C3CC3)ccc2n1)C(=O)O)C(F)F. The number of rotatable bonds is 6. The molecule has 6 nitrogen and oxygen atoms in total. The number of nitrogens with two attached hydrogens (primary N) is 1. The van der Waals surface area contributed by atoms with Crippen LogP contribution >= 0.6 is 0 Å². The lowest BCUT2D eigenvalue weighted by Gasteiger charge is -2.02. The monoisotopic (exact) mass is 334 g/mol. The van der Waals surface area contributed by atoms with E-state index in [1.165, 1.54) is 18.4 Å². The highest BCUT2D eigenvalue weighted by Crippen LogP contribution is 2.39. The predicted octanol–water partition coefficient (Wildman–Crippen LogP) is 2.34. The van der Waals surface area contributed by atoms with Crippen molar-refractivity contribution in [3.8, 4) is 0 Å². The number of carboxylic acid groups (broad SMARTS) is 1. The molecular formula is C16H16F2N4O2. The zero-order valence-electron chi connectivity index (χ0n) is 12.7. The van der Waals surface area contributed by atoms with E-state index in [0.717, 1.165) is 11.9 Å².